The fourth-order valence-corrected chi connectivity index (χ4v) is 5.29. The van der Waals surface area contributed by atoms with Gasteiger partial charge in [-0.2, -0.15) is 0 Å². The van der Waals surface area contributed by atoms with Crippen LogP contribution in [0.4, 0.5) is 0 Å². The van der Waals surface area contributed by atoms with Crippen LogP contribution in [0, 0.1) is 3.95 Å². The predicted molar refractivity (Wildman–Crippen MR) is 128 cm³/mol. The van der Waals surface area contributed by atoms with Crippen molar-refractivity contribution in [3.05, 3.63) is 99.8 Å². The van der Waals surface area contributed by atoms with E-state index in [1.807, 2.05) is 49.4 Å². The number of nitrogens with one attached hydrogen (secondary N) is 1. The normalized spacial score (nSPS) is 11.8. The van der Waals surface area contributed by atoms with Crippen LogP contribution in [0.25, 0.3) is 5.69 Å². The molecule has 156 valence electrons. The minimum absolute atomic E-state index is 0.105. The van der Waals surface area contributed by atoms with E-state index < -0.39 is 0 Å². The first kappa shape index (κ1) is 21.4. The molecule has 0 spiro atoms. The third-order valence-corrected chi connectivity index (χ3v) is 7.10. The maximum Gasteiger partial charge on any atom is 0.251 e. The van der Waals surface area contributed by atoms with Crippen molar-refractivity contribution in [3.8, 4) is 5.69 Å². The zero-order chi connectivity index (χ0) is 21.6. The SMILES string of the molecule is CC(NC(=O)c1ccc(-n2nc(SCc3ccccc3)sc2=S)cc1)c1ccncc1. The number of pyridine rings is 1. The van der Waals surface area contributed by atoms with Crippen molar-refractivity contribution < 1.29 is 4.79 Å². The van der Waals surface area contributed by atoms with Gasteiger partial charge in [-0.05, 0) is 66.7 Å². The van der Waals surface area contributed by atoms with Gasteiger partial charge in [-0.25, -0.2) is 4.68 Å². The minimum Gasteiger partial charge on any atom is -0.346 e. The average Bonchev–Trinajstić information content (AvgIpc) is 3.19. The van der Waals surface area contributed by atoms with Gasteiger partial charge in [0.1, 0.15) is 0 Å². The first-order chi connectivity index (χ1) is 15.1. The molecule has 8 heteroatoms. The number of carbonyl (C=O) groups is 1. The van der Waals surface area contributed by atoms with Gasteiger partial charge in [0.05, 0.1) is 11.7 Å². The van der Waals surface area contributed by atoms with E-state index >= 15 is 0 Å². The van der Waals surface area contributed by atoms with Crippen LogP contribution in [-0.4, -0.2) is 20.7 Å². The topological polar surface area (TPSA) is 59.8 Å². The number of hydrogen-bond donors (Lipinski definition) is 1. The molecule has 0 radical (unpaired) electrons. The van der Waals surface area contributed by atoms with E-state index in [2.05, 4.69) is 27.5 Å². The van der Waals surface area contributed by atoms with Crippen molar-refractivity contribution in [2.45, 2.75) is 23.1 Å². The molecule has 0 aliphatic heterocycles. The minimum atomic E-state index is -0.128. The van der Waals surface area contributed by atoms with Crippen LogP contribution in [-0.2, 0) is 5.75 Å². The predicted octanol–water partition coefficient (Wildman–Crippen LogP) is 5.84. The van der Waals surface area contributed by atoms with E-state index in [4.69, 9.17) is 12.2 Å². The summed E-state index contributed by atoms with van der Waals surface area (Å²) in [4.78, 5) is 16.6. The van der Waals surface area contributed by atoms with E-state index in [0.717, 1.165) is 21.3 Å². The van der Waals surface area contributed by atoms with Gasteiger partial charge < -0.3 is 5.32 Å². The second-order valence-electron chi connectivity index (χ2n) is 6.84. The summed E-state index contributed by atoms with van der Waals surface area (Å²) in [6, 6.07) is 21.3. The molecule has 1 atom stereocenters. The molecule has 2 aromatic heterocycles. The Hall–Kier alpha value is -2.81. The molecule has 0 fully saturated rings. The molecule has 0 bridgehead atoms. The third-order valence-electron chi connectivity index (χ3n) is 4.66. The maximum atomic E-state index is 12.6. The summed E-state index contributed by atoms with van der Waals surface area (Å²) < 4.78 is 3.34. The monoisotopic (exact) mass is 464 g/mol. The number of thioether (sulfide) groups is 1. The standard InChI is InChI=1S/C23H20N4OS3/c1-16(18-11-13-24-14-12-18)25-21(28)19-7-9-20(10-8-19)27-23(29)31-22(26-27)30-15-17-5-3-2-4-6-17/h2-14,16H,15H2,1H3,(H,25,28). The first-order valence-corrected chi connectivity index (χ1v) is 11.9. The van der Waals surface area contributed by atoms with Gasteiger partial charge in [0.2, 0.25) is 0 Å². The third kappa shape index (κ3) is 5.46. The largest absolute Gasteiger partial charge is 0.346 e. The van der Waals surface area contributed by atoms with Crippen LogP contribution in [0.1, 0.15) is 34.5 Å². The molecule has 0 saturated heterocycles. The van der Waals surface area contributed by atoms with Gasteiger partial charge in [-0.1, -0.05) is 53.4 Å². The highest BCUT2D eigenvalue weighted by molar-refractivity contribution is 8.00. The Morgan fingerprint density at radius 3 is 2.52 bits per heavy atom. The van der Waals surface area contributed by atoms with Crippen LogP contribution >= 0.6 is 35.3 Å². The molecule has 2 aromatic carbocycles. The Balaban J connectivity index is 1.42. The molecule has 1 unspecified atom stereocenters. The van der Waals surface area contributed by atoms with E-state index in [1.54, 1.807) is 41.0 Å². The Kier molecular flexibility index (Phi) is 6.91. The van der Waals surface area contributed by atoms with E-state index in [1.165, 1.54) is 16.9 Å². The second-order valence-corrected chi connectivity index (χ2v) is 9.69. The second kappa shape index (κ2) is 10.00. The van der Waals surface area contributed by atoms with Gasteiger partial charge in [0, 0.05) is 23.7 Å². The van der Waals surface area contributed by atoms with Crippen molar-refractivity contribution in [3.63, 3.8) is 0 Å². The van der Waals surface area contributed by atoms with Crippen molar-refractivity contribution in [2.75, 3.05) is 0 Å². The smallest absolute Gasteiger partial charge is 0.251 e. The quantitative estimate of drug-likeness (QED) is 0.275. The number of carbonyl (C=O) groups excluding carboxylic acids is 1. The van der Waals surface area contributed by atoms with Crippen LogP contribution in [0.5, 0.6) is 0 Å². The van der Waals surface area contributed by atoms with Gasteiger partial charge in [-0.3, -0.25) is 9.78 Å². The molecule has 0 saturated carbocycles. The average molecular weight is 465 g/mol. The lowest BCUT2D eigenvalue weighted by Crippen LogP contribution is -2.26. The molecular formula is C23H20N4OS3. The zero-order valence-electron chi connectivity index (χ0n) is 16.8. The fourth-order valence-electron chi connectivity index (χ4n) is 2.97. The van der Waals surface area contributed by atoms with Gasteiger partial charge in [0.25, 0.3) is 5.91 Å². The fraction of sp³-hybridized carbons (Fsp3) is 0.130. The number of aromatic nitrogens is 3. The molecular weight excluding hydrogens is 444 g/mol. The maximum absolute atomic E-state index is 12.6. The molecule has 1 amide bonds. The molecule has 4 rings (SSSR count). The van der Waals surface area contributed by atoms with E-state index in [0.29, 0.717) is 9.52 Å². The summed E-state index contributed by atoms with van der Waals surface area (Å²) in [6.07, 6.45) is 3.44. The zero-order valence-corrected chi connectivity index (χ0v) is 19.2. The summed E-state index contributed by atoms with van der Waals surface area (Å²) >= 11 is 8.66. The first-order valence-electron chi connectivity index (χ1n) is 9.68. The van der Waals surface area contributed by atoms with Crippen molar-refractivity contribution in [1.29, 1.82) is 0 Å². The summed E-state index contributed by atoms with van der Waals surface area (Å²) in [7, 11) is 0. The molecule has 2 heterocycles. The Morgan fingerprint density at radius 1 is 1.10 bits per heavy atom. The lowest BCUT2D eigenvalue weighted by atomic mass is 10.1. The summed E-state index contributed by atoms with van der Waals surface area (Å²) in [5, 5.41) is 7.65. The number of rotatable bonds is 7. The van der Waals surface area contributed by atoms with Crippen LogP contribution in [0.3, 0.4) is 0 Å². The summed E-state index contributed by atoms with van der Waals surface area (Å²) in [5.74, 6) is 0.717. The molecule has 0 aliphatic rings. The number of amides is 1. The Labute approximate surface area is 194 Å². The van der Waals surface area contributed by atoms with Gasteiger partial charge in [0.15, 0.2) is 8.29 Å². The molecule has 4 aromatic rings. The number of hydrogen-bond acceptors (Lipinski definition) is 6. The van der Waals surface area contributed by atoms with Crippen molar-refractivity contribution in [2.24, 2.45) is 0 Å². The number of benzene rings is 2. The Morgan fingerprint density at radius 2 is 1.81 bits per heavy atom. The van der Waals surface area contributed by atoms with Crippen LogP contribution in [0.15, 0.2) is 83.5 Å². The Bertz CT molecular complexity index is 1210. The van der Waals surface area contributed by atoms with E-state index in [9.17, 15) is 4.79 Å². The summed E-state index contributed by atoms with van der Waals surface area (Å²) in [6.45, 7) is 1.95. The molecule has 31 heavy (non-hydrogen) atoms. The number of nitrogens with zero attached hydrogens (tertiary/aromatic N) is 3. The van der Waals surface area contributed by atoms with Crippen molar-refractivity contribution >= 4 is 41.2 Å². The lowest BCUT2D eigenvalue weighted by Gasteiger charge is -2.14. The highest BCUT2D eigenvalue weighted by Gasteiger charge is 2.12. The summed E-state index contributed by atoms with van der Waals surface area (Å²) in [5.41, 5.74) is 3.68. The van der Waals surface area contributed by atoms with Gasteiger partial charge >= 0.3 is 0 Å². The molecule has 5 nitrogen and oxygen atoms in total. The molecule has 0 aliphatic carbocycles. The molecule has 1 N–H and O–H groups in total. The van der Waals surface area contributed by atoms with Crippen LogP contribution < -0.4 is 5.32 Å². The lowest BCUT2D eigenvalue weighted by molar-refractivity contribution is 0.0940. The van der Waals surface area contributed by atoms with Crippen molar-refractivity contribution in [1.82, 2.24) is 20.1 Å². The van der Waals surface area contributed by atoms with E-state index in [-0.39, 0.29) is 11.9 Å². The highest BCUT2D eigenvalue weighted by atomic mass is 32.2. The highest BCUT2D eigenvalue weighted by Crippen LogP contribution is 2.27. The van der Waals surface area contributed by atoms with Crippen LogP contribution in [0.2, 0.25) is 0 Å². The van der Waals surface area contributed by atoms with Gasteiger partial charge in [-0.15, -0.1) is 5.10 Å².